The van der Waals surface area contributed by atoms with Gasteiger partial charge in [0.1, 0.15) is -0.565 Å². The summed E-state index contributed by atoms with van der Waals surface area (Å²) < 4.78 is 0.379. The third kappa shape index (κ3) is 5.14. The summed E-state index contributed by atoms with van der Waals surface area (Å²) >= 11 is 7.55. The van der Waals surface area contributed by atoms with E-state index in [1.807, 2.05) is 0 Å². The Bertz CT molecular complexity index is 144. The Hall–Kier alpha value is 2.15. The van der Waals surface area contributed by atoms with Gasteiger partial charge in [0.25, 0.3) is 0 Å². The molecule has 0 aromatic rings. The smallest absolute Gasteiger partial charge is 0.136 e. The van der Waals surface area contributed by atoms with E-state index in [1.165, 1.54) is 32.5 Å². The summed E-state index contributed by atoms with van der Waals surface area (Å²) in [5.41, 5.74) is 0. The van der Waals surface area contributed by atoms with Crippen molar-refractivity contribution < 1.29 is 0 Å². The number of rotatable bonds is 2. The van der Waals surface area contributed by atoms with Gasteiger partial charge in [-0.15, -0.1) is 0 Å². The van der Waals surface area contributed by atoms with Crippen LogP contribution >= 0.6 is 67.8 Å². The Morgan fingerprint density at radius 3 is 2.58 bits per heavy atom. The maximum atomic E-state index is 2.60. The maximum absolute atomic E-state index is 2.60. The molecule has 0 bridgehead atoms. The van der Waals surface area contributed by atoms with Crippen molar-refractivity contribution in [2.45, 2.75) is 19.2 Å². The van der Waals surface area contributed by atoms with Crippen LogP contribution in [-0.2, 0) is 0 Å². The van der Waals surface area contributed by atoms with Crippen molar-refractivity contribution >= 4 is 67.8 Å². The topological polar surface area (TPSA) is 3.24 Å². The summed E-state index contributed by atoms with van der Waals surface area (Å²) in [6.07, 6.45) is 2.81. The molecule has 1 atom stereocenters. The van der Waals surface area contributed by atoms with Gasteiger partial charge in [-0.1, -0.05) is 74.7 Å². The number of hydrogen-bond acceptors (Lipinski definition) is 1. The lowest BCUT2D eigenvalue weighted by atomic mass is 10.0. The first-order chi connectivity index (χ1) is 5.47. The van der Waals surface area contributed by atoms with Crippen LogP contribution in [0, 0.1) is 5.92 Å². The minimum Gasteiger partial charge on any atom is -0.300 e. The molecule has 1 nitrogen and oxygen atoms in total. The van der Waals surface area contributed by atoms with Crippen LogP contribution in [0.1, 0.15) is 19.8 Å². The Labute approximate surface area is 116 Å². The summed E-state index contributed by atoms with van der Waals surface area (Å²) in [5.74, 6) is 0.908. The Morgan fingerprint density at radius 2 is 2.08 bits per heavy atom. The highest BCUT2D eigenvalue weighted by Crippen LogP contribution is 2.36. The highest BCUT2D eigenvalue weighted by Gasteiger charge is 2.24. The lowest BCUT2D eigenvalue weighted by Crippen LogP contribution is -2.38. The minimum atomic E-state index is 0.379. The fourth-order valence-electron chi connectivity index (χ4n) is 1.68. The molecule has 72 valence electrons. The number of hydrogen-bond donors (Lipinski definition) is 0. The van der Waals surface area contributed by atoms with Crippen molar-refractivity contribution in [3.05, 3.63) is 0 Å². The fourth-order valence-corrected chi connectivity index (χ4v) is 3.13. The summed E-state index contributed by atoms with van der Waals surface area (Å²) in [7, 11) is 0. The van der Waals surface area contributed by atoms with E-state index in [-0.39, 0.29) is 0 Å². The number of alkyl halides is 3. The molecule has 1 heterocycles. The molecule has 1 saturated heterocycles. The van der Waals surface area contributed by atoms with Gasteiger partial charge in [-0.25, -0.2) is 0 Å². The van der Waals surface area contributed by atoms with Crippen molar-refractivity contribution in [1.82, 2.24) is 4.90 Å². The molecule has 1 unspecified atom stereocenters. The van der Waals surface area contributed by atoms with Crippen molar-refractivity contribution in [1.29, 1.82) is 0 Å². The third-order valence-electron chi connectivity index (χ3n) is 2.14. The molecule has 0 amide bonds. The lowest BCUT2D eigenvalue weighted by Gasteiger charge is -2.33. The molecule has 0 aromatic heterocycles. The Morgan fingerprint density at radius 1 is 1.42 bits per heavy atom. The molecule has 0 aromatic carbocycles. The molecule has 1 fully saturated rings. The first-order valence-corrected chi connectivity index (χ1v) is 7.50. The zero-order valence-electron chi connectivity index (χ0n) is 7.19. The standard InChI is InChI=1S/C8H14I3N/c1-7-3-2-4-12(5-7)6-8(9,10)11/h7H,2-6H2,1H3. The SMILES string of the molecule is CC1CCCN(CC(I)(I)I)C1. The largest absolute Gasteiger partial charge is 0.300 e. The first-order valence-electron chi connectivity index (χ1n) is 4.26. The van der Waals surface area contributed by atoms with Crippen LogP contribution in [0.2, 0.25) is 0 Å². The van der Waals surface area contributed by atoms with Crippen molar-refractivity contribution in [2.75, 3.05) is 19.6 Å². The van der Waals surface area contributed by atoms with Gasteiger partial charge in [0.2, 0.25) is 0 Å². The first kappa shape index (κ1) is 12.2. The van der Waals surface area contributed by atoms with E-state index in [1.54, 1.807) is 0 Å². The molecule has 4 heteroatoms. The predicted octanol–water partition coefficient (Wildman–Crippen LogP) is 3.68. The van der Waals surface area contributed by atoms with E-state index in [9.17, 15) is 0 Å². The van der Waals surface area contributed by atoms with E-state index < -0.39 is 0 Å². The zero-order chi connectivity index (χ0) is 9.19. The zero-order valence-corrected chi connectivity index (χ0v) is 13.7. The fraction of sp³-hybridized carbons (Fsp3) is 1.00. The van der Waals surface area contributed by atoms with Gasteiger partial charge in [0, 0.05) is 13.1 Å². The van der Waals surface area contributed by atoms with Gasteiger partial charge >= 0.3 is 0 Å². The Kier molecular flexibility index (Phi) is 5.39. The second-order valence-corrected chi connectivity index (χ2v) is 15.3. The minimum absolute atomic E-state index is 0.379. The summed E-state index contributed by atoms with van der Waals surface area (Å²) in [4.78, 5) is 2.60. The third-order valence-corrected chi connectivity index (χ3v) is 3.17. The summed E-state index contributed by atoms with van der Waals surface area (Å²) in [5, 5.41) is 0. The van der Waals surface area contributed by atoms with Crippen LogP contribution in [0.3, 0.4) is 0 Å². The van der Waals surface area contributed by atoms with Crippen LogP contribution in [0.5, 0.6) is 0 Å². The molecule has 0 aliphatic carbocycles. The van der Waals surface area contributed by atoms with Gasteiger partial charge in [-0.05, 0) is 25.3 Å². The van der Waals surface area contributed by atoms with Crippen LogP contribution in [0.4, 0.5) is 0 Å². The summed E-state index contributed by atoms with van der Waals surface area (Å²) in [6.45, 7) is 6.19. The van der Waals surface area contributed by atoms with Gasteiger partial charge in [-0.2, -0.15) is 0 Å². The molecule has 0 saturated carbocycles. The van der Waals surface area contributed by atoms with Crippen LogP contribution in [0.25, 0.3) is 0 Å². The number of halogens is 3. The van der Waals surface area contributed by atoms with Gasteiger partial charge < -0.3 is 4.90 Å². The van der Waals surface area contributed by atoms with Crippen molar-refractivity contribution in [3.8, 4) is 0 Å². The van der Waals surface area contributed by atoms with E-state index in [2.05, 4.69) is 79.6 Å². The average Bonchev–Trinajstić information content (AvgIpc) is 1.82. The van der Waals surface area contributed by atoms with Crippen LogP contribution in [-0.4, -0.2) is 24.0 Å². The highest BCUT2D eigenvalue weighted by atomic mass is 127. The molecule has 0 N–H and O–H groups in total. The van der Waals surface area contributed by atoms with Gasteiger partial charge in [0.15, 0.2) is 0 Å². The molecule has 12 heavy (non-hydrogen) atoms. The molecule has 1 aliphatic heterocycles. The van der Waals surface area contributed by atoms with Crippen LogP contribution in [0.15, 0.2) is 0 Å². The second kappa shape index (κ2) is 5.29. The average molecular weight is 505 g/mol. The monoisotopic (exact) mass is 505 g/mol. The van der Waals surface area contributed by atoms with E-state index in [4.69, 9.17) is 0 Å². The van der Waals surface area contributed by atoms with Crippen molar-refractivity contribution in [2.24, 2.45) is 5.92 Å². The molecule has 0 radical (unpaired) electrons. The van der Waals surface area contributed by atoms with E-state index in [0.29, 0.717) is -0.565 Å². The Balaban J connectivity index is 2.32. The predicted molar refractivity (Wildman–Crippen MR) is 79.6 cm³/mol. The van der Waals surface area contributed by atoms with E-state index >= 15 is 0 Å². The second-order valence-electron chi connectivity index (χ2n) is 3.60. The molecular formula is C8H14I3N. The van der Waals surface area contributed by atoms with Gasteiger partial charge in [-0.3, -0.25) is 0 Å². The van der Waals surface area contributed by atoms with Crippen molar-refractivity contribution in [3.63, 3.8) is 0 Å². The highest BCUT2D eigenvalue weighted by molar-refractivity contribution is 14.3. The number of nitrogens with zero attached hydrogens (tertiary/aromatic N) is 1. The number of piperidine rings is 1. The molecular weight excluding hydrogens is 491 g/mol. The normalized spacial score (nSPS) is 27.5. The maximum Gasteiger partial charge on any atom is 0.136 e. The van der Waals surface area contributed by atoms with E-state index in [0.717, 1.165) is 5.92 Å². The molecule has 1 aliphatic rings. The lowest BCUT2D eigenvalue weighted by molar-refractivity contribution is 0.193. The molecule has 1 rings (SSSR count). The van der Waals surface area contributed by atoms with Gasteiger partial charge in [0.05, 0.1) is 0 Å². The molecule has 0 spiro atoms. The quantitative estimate of drug-likeness (QED) is 0.410. The summed E-state index contributed by atoms with van der Waals surface area (Å²) in [6, 6.07) is 0. The number of likely N-dealkylation sites (tertiary alicyclic amines) is 1. The van der Waals surface area contributed by atoms with Crippen LogP contribution < -0.4 is 0 Å².